The molecule has 0 unspecified atom stereocenters. The predicted octanol–water partition coefficient (Wildman–Crippen LogP) is 4.52. The summed E-state index contributed by atoms with van der Waals surface area (Å²) >= 11 is 18.7. The van der Waals surface area contributed by atoms with Gasteiger partial charge >= 0.3 is 0 Å². The van der Waals surface area contributed by atoms with E-state index in [0.29, 0.717) is 30.5 Å². The highest BCUT2D eigenvalue weighted by Gasteiger charge is 2.16. The van der Waals surface area contributed by atoms with Crippen LogP contribution in [0.4, 0.5) is 5.69 Å². The maximum atomic E-state index is 12.1. The van der Waals surface area contributed by atoms with Gasteiger partial charge in [-0.2, -0.15) is 0 Å². The summed E-state index contributed by atoms with van der Waals surface area (Å²) in [5.74, 6) is -0.222. The fraction of sp³-hybridized carbons (Fsp3) is 0. The standard InChI is InChI=1S/C11H6Cl3NOS/c12-7-3-5(1-2-8(7)15)10(16)6-4-9(13)17-11(6)14/h1-4H,15H2. The first-order valence-corrected chi connectivity index (χ1v) is 6.48. The Hall–Kier alpha value is -0.740. The van der Waals surface area contributed by atoms with E-state index in [2.05, 4.69) is 0 Å². The maximum absolute atomic E-state index is 12.1. The second-order valence-electron chi connectivity index (χ2n) is 3.30. The van der Waals surface area contributed by atoms with Gasteiger partial charge in [0.15, 0.2) is 5.78 Å². The highest BCUT2D eigenvalue weighted by atomic mass is 35.5. The van der Waals surface area contributed by atoms with Crippen molar-refractivity contribution in [1.29, 1.82) is 0 Å². The Morgan fingerprint density at radius 1 is 1.18 bits per heavy atom. The Kier molecular flexibility index (Phi) is 3.64. The smallest absolute Gasteiger partial charge is 0.195 e. The van der Waals surface area contributed by atoms with E-state index in [4.69, 9.17) is 40.5 Å². The number of nitrogens with two attached hydrogens (primary N) is 1. The molecule has 0 aliphatic rings. The predicted molar refractivity (Wildman–Crippen MR) is 73.6 cm³/mol. The zero-order valence-electron chi connectivity index (χ0n) is 8.34. The molecule has 0 aliphatic heterocycles. The van der Waals surface area contributed by atoms with Gasteiger partial charge in [-0.3, -0.25) is 4.79 Å². The van der Waals surface area contributed by atoms with Gasteiger partial charge < -0.3 is 5.73 Å². The van der Waals surface area contributed by atoms with Crippen molar-refractivity contribution in [2.75, 3.05) is 5.73 Å². The summed E-state index contributed by atoms with van der Waals surface area (Å²) in [6.45, 7) is 0. The number of rotatable bonds is 2. The van der Waals surface area contributed by atoms with Crippen LogP contribution in [0.15, 0.2) is 24.3 Å². The summed E-state index contributed by atoms with van der Waals surface area (Å²) in [6, 6.07) is 6.24. The van der Waals surface area contributed by atoms with Crippen LogP contribution >= 0.6 is 46.1 Å². The third-order valence-electron chi connectivity index (χ3n) is 2.16. The van der Waals surface area contributed by atoms with Crippen molar-refractivity contribution in [1.82, 2.24) is 0 Å². The monoisotopic (exact) mass is 305 g/mol. The molecular formula is C11H6Cl3NOS. The molecule has 0 spiro atoms. The van der Waals surface area contributed by atoms with E-state index in [0.717, 1.165) is 11.3 Å². The molecule has 17 heavy (non-hydrogen) atoms. The maximum Gasteiger partial charge on any atom is 0.195 e. The Morgan fingerprint density at radius 2 is 1.88 bits per heavy atom. The summed E-state index contributed by atoms with van der Waals surface area (Å²) < 4.78 is 0.841. The van der Waals surface area contributed by atoms with Crippen LogP contribution in [-0.4, -0.2) is 5.78 Å². The molecule has 0 amide bonds. The van der Waals surface area contributed by atoms with E-state index in [1.807, 2.05) is 0 Å². The average molecular weight is 307 g/mol. The number of carbonyl (C=O) groups is 1. The molecule has 2 aromatic rings. The number of hydrogen-bond donors (Lipinski definition) is 1. The molecule has 0 saturated heterocycles. The van der Waals surface area contributed by atoms with Crippen LogP contribution in [-0.2, 0) is 0 Å². The molecule has 88 valence electrons. The number of nitrogen functional groups attached to an aromatic ring is 1. The zero-order valence-corrected chi connectivity index (χ0v) is 11.4. The topological polar surface area (TPSA) is 43.1 Å². The third-order valence-corrected chi connectivity index (χ3v) is 3.98. The minimum Gasteiger partial charge on any atom is -0.398 e. The van der Waals surface area contributed by atoms with Gasteiger partial charge in [-0.1, -0.05) is 34.8 Å². The Morgan fingerprint density at radius 3 is 2.41 bits per heavy atom. The fourth-order valence-electron chi connectivity index (χ4n) is 1.32. The Balaban J connectivity index is 2.44. The number of benzene rings is 1. The number of carbonyl (C=O) groups excluding carboxylic acids is 1. The minimum absolute atomic E-state index is 0.222. The van der Waals surface area contributed by atoms with E-state index >= 15 is 0 Å². The third kappa shape index (κ3) is 2.58. The van der Waals surface area contributed by atoms with E-state index in [1.165, 1.54) is 6.07 Å². The number of anilines is 1. The lowest BCUT2D eigenvalue weighted by Gasteiger charge is -2.02. The van der Waals surface area contributed by atoms with Crippen molar-refractivity contribution in [3.8, 4) is 0 Å². The van der Waals surface area contributed by atoms with Crippen LogP contribution in [0.25, 0.3) is 0 Å². The van der Waals surface area contributed by atoms with Gasteiger partial charge in [0.05, 0.1) is 20.6 Å². The van der Waals surface area contributed by atoms with Crippen molar-refractivity contribution < 1.29 is 4.79 Å². The fourth-order valence-corrected chi connectivity index (χ4v) is 2.96. The molecule has 1 heterocycles. The first-order valence-electron chi connectivity index (χ1n) is 4.53. The van der Waals surface area contributed by atoms with E-state index in [9.17, 15) is 4.79 Å². The lowest BCUT2D eigenvalue weighted by atomic mass is 10.1. The molecular weight excluding hydrogens is 301 g/mol. The van der Waals surface area contributed by atoms with Gasteiger partial charge in [0.25, 0.3) is 0 Å². The number of hydrogen-bond acceptors (Lipinski definition) is 3. The average Bonchev–Trinajstić information content (AvgIpc) is 2.61. The number of ketones is 1. The van der Waals surface area contributed by atoms with Crippen LogP contribution in [0.1, 0.15) is 15.9 Å². The van der Waals surface area contributed by atoms with Gasteiger partial charge in [-0.05, 0) is 24.3 Å². The van der Waals surface area contributed by atoms with Gasteiger partial charge in [0.2, 0.25) is 0 Å². The van der Waals surface area contributed by atoms with Gasteiger partial charge in [-0.25, -0.2) is 0 Å². The molecule has 0 radical (unpaired) electrons. The number of thiophene rings is 1. The molecule has 0 fully saturated rings. The summed E-state index contributed by atoms with van der Waals surface area (Å²) in [6.07, 6.45) is 0. The molecule has 0 bridgehead atoms. The second-order valence-corrected chi connectivity index (χ2v) is 6.00. The van der Waals surface area contributed by atoms with Gasteiger partial charge in [0, 0.05) is 5.56 Å². The van der Waals surface area contributed by atoms with Crippen molar-refractivity contribution in [2.24, 2.45) is 0 Å². The summed E-state index contributed by atoms with van der Waals surface area (Å²) in [4.78, 5) is 12.1. The van der Waals surface area contributed by atoms with Gasteiger partial charge in [-0.15, -0.1) is 11.3 Å². The SMILES string of the molecule is Nc1ccc(C(=O)c2cc(Cl)sc2Cl)cc1Cl. The van der Waals surface area contributed by atoms with Gasteiger partial charge in [0.1, 0.15) is 4.34 Å². The molecule has 6 heteroatoms. The van der Waals surface area contributed by atoms with E-state index < -0.39 is 0 Å². The molecule has 1 aromatic heterocycles. The van der Waals surface area contributed by atoms with Crippen LogP contribution in [0.5, 0.6) is 0 Å². The largest absolute Gasteiger partial charge is 0.398 e. The van der Waals surface area contributed by atoms with Crippen LogP contribution < -0.4 is 5.73 Å². The Labute approximate surface area is 117 Å². The molecule has 0 aliphatic carbocycles. The first kappa shape index (κ1) is 12.7. The van der Waals surface area contributed by atoms with Crippen molar-refractivity contribution in [3.05, 3.63) is 49.1 Å². The lowest BCUT2D eigenvalue weighted by Crippen LogP contribution is -2.01. The summed E-state index contributed by atoms with van der Waals surface area (Å²) in [5, 5.41) is 0.341. The lowest BCUT2D eigenvalue weighted by molar-refractivity contribution is 0.103. The van der Waals surface area contributed by atoms with Crippen LogP contribution in [0.2, 0.25) is 13.7 Å². The Bertz CT molecular complexity index is 594. The van der Waals surface area contributed by atoms with Crippen molar-refractivity contribution in [3.63, 3.8) is 0 Å². The molecule has 1 aromatic carbocycles. The second kappa shape index (κ2) is 4.86. The van der Waals surface area contributed by atoms with Crippen molar-refractivity contribution >= 4 is 57.6 Å². The zero-order chi connectivity index (χ0) is 12.6. The first-order chi connectivity index (χ1) is 7.99. The summed E-state index contributed by atoms with van der Waals surface area (Å²) in [5.41, 5.74) is 6.81. The highest BCUT2D eigenvalue weighted by molar-refractivity contribution is 7.20. The normalized spacial score (nSPS) is 10.5. The van der Waals surface area contributed by atoms with Crippen molar-refractivity contribution in [2.45, 2.75) is 0 Å². The van der Waals surface area contributed by atoms with Crippen LogP contribution in [0, 0.1) is 0 Å². The molecule has 2 N–H and O–H groups in total. The quantitative estimate of drug-likeness (QED) is 0.654. The molecule has 0 atom stereocenters. The van der Waals surface area contributed by atoms with Crippen LogP contribution in [0.3, 0.4) is 0 Å². The summed E-state index contributed by atoms with van der Waals surface area (Å²) in [7, 11) is 0. The molecule has 2 nitrogen and oxygen atoms in total. The van der Waals surface area contributed by atoms with E-state index in [-0.39, 0.29) is 5.78 Å². The molecule has 2 rings (SSSR count). The van der Waals surface area contributed by atoms with E-state index in [1.54, 1.807) is 18.2 Å². The highest BCUT2D eigenvalue weighted by Crippen LogP contribution is 2.33. The number of halogens is 3. The molecule has 0 saturated carbocycles. The minimum atomic E-state index is -0.222.